The molecular weight excluding hydrogens is 236 g/mol. The Balaban J connectivity index is 1.74. The molecule has 3 nitrogen and oxygen atoms in total. The van der Waals surface area contributed by atoms with Gasteiger partial charge in [0.1, 0.15) is 5.41 Å². The Bertz CT molecular complexity index is 455. The van der Waals surface area contributed by atoms with Gasteiger partial charge in [-0.3, -0.25) is 4.79 Å². The van der Waals surface area contributed by atoms with E-state index in [1.165, 1.54) is 5.56 Å². The first-order chi connectivity index (χ1) is 9.27. The SMILES string of the molecule is N#CC1(C(=O)NCCCc2ccccc2)CCCC1. The van der Waals surface area contributed by atoms with E-state index in [4.69, 9.17) is 0 Å². The van der Waals surface area contributed by atoms with Gasteiger partial charge in [-0.1, -0.05) is 43.2 Å². The van der Waals surface area contributed by atoms with Crippen LogP contribution in [0, 0.1) is 16.7 Å². The highest BCUT2D eigenvalue weighted by molar-refractivity contribution is 5.85. The van der Waals surface area contributed by atoms with Gasteiger partial charge in [-0.15, -0.1) is 0 Å². The van der Waals surface area contributed by atoms with Crippen LogP contribution in [0.1, 0.15) is 37.7 Å². The molecule has 0 atom stereocenters. The Morgan fingerprint density at radius 2 is 1.95 bits per heavy atom. The van der Waals surface area contributed by atoms with Gasteiger partial charge in [0.2, 0.25) is 5.91 Å². The monoisotopic (exact) mass is 256 g/mol. The molecule has 3 heteroatoms. The molecular formula is C16H20N2O. The van der Waals surface area contributed by atoms with Crippen molar-refractivity contribution in [2.24, 2.45) is 5.41 Å². The molecule has 0 aromatic heterocycles. The van der Waals surface area contributed by atoms with E-state index in [2.05, 4.69) is 23.5 Å². The molecule has 1 saturated carbocycles. The van der Waals surface area contributed by atoms with E-state index in [0.29, 0.717) is 19.4 Å². The molecule has 1 aliphatic rings. The molecule has 1 aromatic carbocycles. The zero-order valence-electron chi connectivity index (χ0n) is 11.2. The number of carbonyl (C=O) groups is 1. The summed E-state index contributed by atoms with van der Waals surface area (Å²) in [7, 11) is 0. The minimum absolute atomic E-state index is 0.0689. The lowest BCUT2D eigenvalue weighted by Gasteiger charge is -2.19. The molecule has 19 heavy (non-hydrogen) atoms. The lowest BCUT2D eigenvalue weighted by molar-refractivity contribution is -0.127. The fourth-order valence-corrected chi connectivity index (χ4v) is 2.68. The van der Waals surface area contributed by atoms with Crippen molar-refractivity contribution in [3.8, 4) is 6.07 Å². The number of aryl methyl sites for hydroxylation is 1. The van der Waals surface area contributed by atoms with E-state index < -0.39 is 5.41 Å². The van der Waals surface area contributed by atoms with Crippen molar-refractivity contribution in [3.05, 3.63) is 35.9 Å². The highest BCUT2D eigenvalue weighted by Crippen LogP contribution is 2.37. The van der Waals surface area contributed by atoms with Crippen LogP contribution in [-0.4, -0.2) is 12.5 Å². The minimum atomic E-state index is -0.743. The maximum atomic E-state index is 12.1. The van der Waals surface area contributed by atoms with Crippen LogP contribution >= 0.6 is 0 Å². The van der Waals surface area contributed by atoms with Gasteiger partial charge >= 0.3 is 0 Å². The molecule has 0 spiro atoms. The number of amides is 1. The maximum Gasteiger partial charge on any atom is 0.240 e. The first-order valence-electron chi connectivity index (χ1n) is 7.00. The summed E-state index contributed by atoms with van der Waals surface area (Å²) >= 11 is 0. The second kappa shape index (κ2) is 6.38. The third-order valence-corrected chi connectivity index (χ3v) is 3.88. The van der Waals surface area contributed by atoms with E-state index in [0.717, 1.165) is 25.7 Å². The molecule has 0 heterocycles. The summed E-state index contributed by atoms with van der Waals surface area (Å²) in [5, 5.41) is 12.1. The summed E-state index contributed by atoms with van der Waals surface area (Å²) in [4.78, 5) is 12.1. The predicted molar refractivity (Wildman–Crippen MR) is 74.3 cm³/mol. The lowest BCUT2D eigenvalue weighted by Crippen LogP contribution is -2.38. The van der Waals surface area contributed by atoms with Crippen LogP contribution in [0.5, 0.6) is 0 Å². The van der Waals surface area contributed by atoms with E-state index in [-0.39, 0.29) is 5.91 Å². The summed E-state index contributed by atoms with van der Waals surface area (Å²) in [6.07, 6.45) is 5.29. The third kappa shape index (κ3) is 3.35. The van der Waals surface area contributed by atoms with Crippen LogP contribution in [0.15, 0.2) is 30.3 Å². The first kappa shape index (κ1) is 13.6. The average molecular weight is 256 g/mol. The standard InChI is InChI=1S/C16H20N2O/c17-13-16(10-4-5-11-16)15(19)18-12-6-9-14-7-2-1-3-8-14/h1-3,7-8H,4-6,9-12H2,(H,18,19). The normalized spacial score (nSPS) is 16.8. The minimum Gasteiger partial charge on any atom is -0.355 e. The number of nitriles is 1. The van der Waals surface area contributed by atoms with Crippen molar-refractivity contribution in [3.63, 3.8) is 0 Å². The van der Waals surface area contributed by atoms with Crippen LogP contribution in [-0.2, 0) is 11.2 Å². The van der Waals surface area contributed by atoms with Gasteiger partial charge in [0.15, 0.2) is 0 Å². The molecule has 0 radical (unpaired) electrons. The fourth-order valence-electron chi connectivity index (χ4n) is 2.68. The quantitative estimate of drug-likeness (QED) is 0.824. The molecule has 0 saturated heterocycles. The number of hydrogen-bond acceptors (Lipinski definition) is 2. The summed E-state index contributed by atoms with van der Waals surface area (Å²) in [6.45, 7) is 0.650. The zero-order chi connectivity index (χ0) is 13.6. The van der Waals surface area contributed by atoms with Crippen molar-refractivity contribution in [2.75, 3.05) is 6.54 Å². The maximum absolute atomic E-state index is 12.1. The van der Waals surface area contributed by atoms with Crippen molar-refractivity contribution in [1.82, 2.24) is 5.32 Å². The van der Waals surface area contributed by atoms with Crippen LogP contribution in [0.4, 0.5) is 0 Å². The molecule has 1 N–H and O–H groups in total. The average Bonchev–Trinajstić information content (AvgIpc) is 2.94. The summed E-state index contributed by atoms with van der Waals surface area (Å²) in [5.41, 5.74) is 0.542. The topological polar surface area (TPSA) is 52.9 Å². The number of hydrogen-bond donors (Lipinski definition) is 1. The Morgan fingerprint density at radius 1 is 1.26 bits per heavy atom. The van der Waals surface area contributed by atoms with E-state index in [9.17, 15) is 10.1 Å². The van der Waals surface area contributed by atoms with Crippen molar-refractivity contribution in [2.45, 2.75) is 38.5 Å². The van der Waals surface area contributed by atoms with E-state index >= 15 is 0 Å². The van der Waals surface area contributed by atoms with Crippen LogP contribution in [0.25, 0.3) is 0 Å². The number of nitrogens with zero attached hydrogens (tertiary/aromatic N) is 1. The molecule has 0 unspecified atom stereocenters. The number of rotatable bonds is 5. The second-order valence-corrected chi connectivity index (χ2v) is 5.25. The zero-order valence-corrected chi connectivity index (χ0v) is 11.2. The molecule has 1 aromatic rings. The summed E-state index contributed by atoms with van der Waals surface area (Å²) < 4.78 is 0. The number of nitrogens with one attached hydrogen (secondary N) is 1. The van der Waals surface area contributed by atoms with Gasteiger partial charge in [-0.05, 0) is 31.2 Å². The van der Waals surface area contributed by atoms with Crippen molar-refractivity contribution < 1.29 is 4.79 Å². The Labute approximate surface area is 114 Å². The van der Waals surface area contributed by atoms with Gasteiger partial charge in [0.25, 0.3) is 0 Å². The van der Waals surface area contributed by atoms with Gasteiger partial charge in [-0.2, -0.15) is 5.26 Å². The number of carbonyl (C=O) groups excluding carboxylic acids is 1. The molecule has 0 bridgehead atoms. The third-order valence-electron chi connectivity index (χ3n) is 3.88. The second-order valence-electron chi connectivity index (χ2n) is 5.25. The molecule has 1 aliphatic carbocycles. The van der Waals surface area contributed by atoms with Crippen molar-refractivity contribution in [1.29, 1.82) is 5.26 Å². The molecule has 1 fully saturated rings. The predicted octanol–water partition coefficient (Wildman–Crippen LogP) is 2.82. The lowest BCUT2D eigenvalue weighted by atomic mass is 9.87. The van der Waals surface area contributed by atoms with Gasteiger partial charge in [-0.25, -0.2) is 0 Å². The van der Waals surface area contributed by atoms with Gasteiger partial charge in [0, 0.05) is 6.54 Å². The summed E-state index contributed by atoms with van der Waals surface area (Å²) in [5.74, 6) is -0.0689. The Hall–Kier alpha value is -1.82. The first-order valence-corrected chi connectivity index (χ1v) is 7.00. The summed E-state index contributed by atoms with van der Waals surface area (Å²) in [6, 6.07) is 12.5. The highest BCUT2D eigenvalue weighted by Gasteiger charge is 2.41. The smallest absolute Gasteiger partial charge is 0.240 e. The van der Waals surface area contributed by atoms with Crippen LogP contribution in [0.3, 0.4) is 0 Å². The molecule has 0 aliphatic heterocycles. The molecule has 1 amide bonds. The molecule has 2 rings (SSSR count). The highest BCUT2D eigenvalue weighted by atomic mass is 16.2. The fraction of sp³-hybridized carbons (Fsp3) is 0.500. The van der Waals surface area contributed by atoms with E-state index in [1.54, 1.807) is 0 Å². The number of benzene rings is 1. The Kier molecular flexibility index (Phi) is 4.57. The van der Waals surface area contributed by atoms with Gasteiger partial charge in [0.05, 0.1) is 6.07 Å². The largest absolute Gasteiger partial charge is 0.355 e. The van der Waals surface area contributed by atoms with Crippen LogP contribution in [0.2, 0.25) is 0 Å². The van der Waals surface area contributed by atoms with Crippen LogP contribution < -0.4 is 5.32 Å². The van der Waals surface area contributed by atoms with Gasteiger partial charge < -0.3 is 5.32 Å². The molecule has 100 valence electrons. The Morgan fingerprint density at radius 3 is 2.58 bits per heavy atom. The van der Waals surface area contributed by atoms with Crippen molar-refractivity contribution >= 4 is 5.91 Å². The van der Waals surface area contributed by atoms with E-state index in [1.807, 2.05) is 18.2 Å².